The molecule has 1 saturated heterocycles. The van der Waals surface area contributed by atoms with E-state index in [1.807, 2.05) is 0 Å². The molecular weight excluding hydrogens is 248 g/mol. The summed E-state index contributed by atoms with van der Waals surface area (Å²) < 4.78 is 0. The van der Waals surface area contributed by atoms with Gasteiger partial charge in [0.15, 0.2) is 0 Å². The second-order valence-electron chi connectivity index (χ2n) is 4.45. The lowest BCUT2D eigenvalue weighted by Crippen LogP contribution is -2.33. The molecule has 1 aliphatic rings. The molecule has 19 heavy (non-hydrogen) atoms. The molecule has 0 aliphatic carbocycles. The number of anilines is 2. The number of carboxylic acids is 1. The van der Waals surface area contributed by atoms with E-state index >= 15 is 0 Å². The quantitative estimate of drug-likeness (QED) is 0.812. The summed E-state index contributed by atoms with van der Waals surface area (Å²) in [5.41, 5.74) is 1.24. The monoisotopic (exact) mass is 261 g/mol. The molecule has 0 bridgehead atoms. The normalized spacial score (nSPS) is 18.5. The topological polar surface area (TPSA) is 89.5 Å². The number of amides is 2. The average Bonchev–Trinajstić information content (AvgIpc) is 2.72. The molecule has 1 N–H and O–H groups in total. The molecule has 0 aromatic heterocycles. The minimum Gasteiger partial charge on any atom is -0.550 e. The number of rotatable bonds is 3. The Labute approximate surface area is 110 Å². The molecule has 2 amide bonds. The van der Waals surface area contributed by atoms with Crippen LogP contribution in [0.1, 0.15) is 13.3 Å². The fraction of sp³-hybridized carbons (Fsp3) is 0.308. The molecule has 2 rings (SSSR count). The highest BCUT2D eigenvalue weighted by molar-refractivity contribution is 5.99. The predicted molar refractivity (Wildman–Crippen MR) is 66.2 cm³/mol. The summed E-state index contributed by atoms with van der Waals surface area (Å²) in [6.45, 7) is 1.53. The van der Waals surface area contributed by atoms with Gasteiger partial charge in [-0.25, -0.2) is 0 Å². The maximum absolute atomic E-state index is 11.7. The first-order chi connectivity index (χ1) is 8.97. The van der Waals surface area contributed by atoms with Crippen LogP contribution in [0.3, 0.4) is 0 Å². The van der Waals surface area contributed by atoms with Crippen LogP contribution in [0.15, 0.2) is 24.3 Å². The lowest BCUT2D eigenvalue weighted by Gasteiger charge is -2.17. The highest BCUT2D eigenvalue weighted by Gasteiger charge is 2.31. The summed E-state index contributed by atoms with van der Waals surface area (Å²) >= 11 is 0. The fourth-order valence-corrected chi connectivity index (χ4v) is 2.04. The molecule has 6 heteroatoms. The minimum absolute atomic E-state index is 0.0320. The van der Waals surface area contributed by atoms with E-state index in [2.05, 4.69) is 5.32 Å². The first-order valence-electron chi connectivity index (χ1n) is 5.86. The number of nitrogens with one attached hydrogen (secondary N) is 1. The van der Waals surface area contributed by atoms with Gasteiger partial charge in [-0.2, -0.15) is 0 Å². The van der Waals surface area contributed by atoms with Crippen molar-refractivity contribution in [3.8, 4) is 0 Å². The van der Waals surface area contributed by atoms with Crippen molar-refractivity contribution in [2.75, 3.05) is 16.8 Å². The number of aliphatic carboxylic acids is 1. The third kappa shape index (κ3) is 2.90. The van der Waals surface area contributed by atoms with Crippen LogP contribution < -0.4 is 15.3 Å². The number of hydrogen-bond acceptors (Lipinski definition) is 4. The standard InChI is InChI=1S/C13H14N2O4/c1-8(16)14-10-2-4-11(5-3-10)15-7-9(13(18)19)6-12(15)17/h2-5,9H,6-7H2,1H3,(H,14,16)(H,18,19)/p-1/t9-/m0/s1. The predicted octanol–water partition coefficient (Wildman–Crippen LogP) is -0.252. The number of carbonyl (C=O) groups is 3. The largest absolute Gasteiger partial charge is 0.550 e. The Morgan fingerprint density at radius 2 is 1.95 bits per heavy atom. The number of carbonyl (C=O) groups excluding carboxylic acids is 3. The van der Waals surface area contributed by atoms with Crippen molar-refractivity contribution in [1.29, 1.82) is 0 Å². The maximum atomic E-state index is 11.7. The molecule has 1 heterocycles. The van der Waals surface area contributed by atoms with Crippen molar-refractivity contribution in [2.45, 2.75) is 13.3 Å². The van der Waals surface area contributed by atoms with Crippen LogP contribution >= 0.6 is 0 Å². The summed E-state index contributed by atoms with van der Waals surface area (Å²) in [6, 6.07) is 6.66. The molecule has 1 atom stereocenters. The van der Waals surface area contributed by atoms with Gasteiger partial charge in [0, 0.05) is 43.2 Å². The van der Waals surface area contributed by atoms with E-state index in [1.54, 1.807) is 24.3 Å². The molecule has 1 aromatic rings. The number of hydrogen-bond donors (Lipinski definition) is 1. The highest BCUT2D eigenvalue weighted by Crippen LogP contribution is 2.25. The second kappa shape index (κ2) is 5.09. The molecule has 0 radical (unpaired) electrons. The number of nitrogens with zero attached hydrogens (tertiary/aromatic N) is 1. The Balaban J connectivity index is 2.12. The molecule has 6 nitrogen and oxygen atoms in total. The van der Waals surface area contributed by atoms with Gasteiger partial charge in [0.25, 0.3) is 0 Å². The summed E-state index contributed by atoms with van der Waals surface area (Å²) in [4.78, 5) is 34.8. The van der Waals surface area contributed by atoms with Crippen molar-refractivity contribution in [1.82, 2.24) is 0 Å². The number of carboxylic acid groups (broad SMARTS) is 1. The van der Waals surface area contributed by atoms with E-state index in [9.17, 15) is 19.5 Å². The molecule has 1 aliphatic heterocycles. The average molecular weight is 261 g/mol. The van der Waals surface area contributed by atoms with Crippen molar-refractivity contribution < 1.29 is 19.5 Å². The minimum atomic E-state index is -1.20. The molecular formula is C13H13N2O4-. The van der Waals surface area contributed by atoms with Crippen molar-refractivity contribution in [2.24, 2.45) is 5.92 Å². The highest BCUT2D eigenvalue weighted by atomic mass is 16.4. The van der Waals surface area contributed by atoms with Crippen LogP contribution in [0.25, 0.3) is 0 Å². The summed E-state index contributed by atoms with van der Waals surface area (Å²) in [7, 11) is 0. The van der Waals surface area contributed by atoms with Crippen LogP contribution in [0, 0.1) is 5.92 Å². The smallest absolute Gasteiger partial charge is 0.227 e. The van der Waals surface area contributed by atoms with Gasteiger partial charge in [-0.15, -0.1) is 0 Å². The van der Waals surface area contributed by atoms with Gasteiger partial charge in [0.2, 0.25) is 11.8 Å². The molecule has 0 unspecified atom stereocenters. The Bertz CT molecular complexity index is 524. The van der Waals surface area contributed by atoms with E-state index in [4.69, 9.17) is 0 Å². The van der Waals surface area contributed by atoms with E-state index < -0.39 is 11.9 Å². The molecule has 100 valence electrons. The van der Waals surface area contributed by atoms with Gasteiger partial charge in [0.1, 0.15) is 0 Å². The second-order valence-corrected chi connectivity index (χ2v) is 4.45. The van der Waals surface area contributed by atoms with E-state index in [-0.39, 0.29) is 24.8 Å². The van der Waals surface area contributed by atoms with Crippen LogP contribution in [0.5, 0.6) is 0 Å². The van der Waals surface area contributed by atoms with Crippen molar-refractivity contribution in [3.63, 3.8) is 0 Å². The van der Waals surface area contributed by atoms with E-state index in [0.717, 1.165) is 0 Å². The van der Waals surface area contributed by atoms with Crippen LogP contribution in [-0.2, 0) is 14.4 Å². The number of benzene rings is 1. The van der Waals surface area contributed by atoms with Gasteiger partial charge >= 0.3 is 0 Å². The fourth-order valence-electron chi connectivity index (χ4n) is 2.04. The SMILES string of the molecule is CC(=O)Nc1ccc(N2C[C@@H](C(=O)[O-])CC2=O)cc1. The van der Waals surface area contributed by atoms with Gasteiger partial charge in [-0.3, -0.25) is 9.59 Å². The van der Waals surface area contributed by atoms with Gasteiger partial charge in [0.05, 0.1) is 0 Å². The molecule has 0 saturated carbocycles. The van der Waals surface area contributed by atoms with Crippen LogP contribution in [-0.4, -0.2) is 24.3 Å². The summed E-state index contributed by atoms with van der Waals surface area (Å²) in [5.74, 6) is -2.38. The van der Waals surface area contributed by atoms with E-state index in [1.165, 1.54) is 11.8 Å². The van der Waals surface area contributed by atoms with Gasteiger partial charge in [-0.1, -0.05) is 0 Å². The molecule has 0 spiro atoms. The zero-order valence-electron chi connectivity index (χ0n) is 10.4. The summed E-state index contributed by atoms with van der Waals surface area (Å²) in [6.07, 6.45) is -0.0320. The van der Waals surface area contributed by atoms with Gasteiger partial charge in [-0.05, 0) is 24.3 Å². The first kappa shape index (κ1) is 13.1. The Morgan fingerprint density at radius 3 is 2.42 bits per heavy atom. The van der Waals surface area contributed by atoms with Crippen molar-refractivity contribution >= 4 is 29.2 Å². The van der Waals surface area contributed by atoms with Crippen LogP contribution in [0.2, 0.25) is 0 Å². The maximum Gasteiger partial charge on any atom is 0.227 e. The molecule has 1 fully saturated rings. The van der Waals surface area contributed by atoms with Gasteiger partial charge < -0.3 is 20.1 Å². The third-order valence-corrected chi connectivity index (χ3v) is 2.96. The van der Waals surface area contributed by atoms with E-state index in [0.29, 0.717) is 11.4 Å². The Kier molecular flexibility index (Phi) is 3.50. The lowest BCUT2D eigenvalue weighted by atomic mass is 10.1. The molecule has 1 aromatic carbocycles. The van der Waals surface area contributed by atoms with Crippen LogP contribution in [0.4, 0.5) is 11.4 Å². The summed E-state index contributed by atoms with van der Waals surface area (Å²) in [5, 5.41) is 13.4. The zero-order valence-corrected chi connectivity index (χ0v) is 10.4. The Morgan fingerprint density at radius 1 is 1.32 bits per heavy atom. The van der Waals surface area contributed by atoms with Crippen molar-refractivity contribution in [3.05, 3.63) is 24.3 Å². The zero-order chi connectivity index (χ0) is 14.0. The lowest BCUT2D eigenvalue weighted by molar-refractivity contribution is -0.310. The first-order valence-corrected chi connectivity index (χ1v) is 5.86. The Hall–Kier alpha value is -2.37. The third-order valence-electron chi connectivity index (χ3n) is 2.96.